The molecular formula is C17H24O7S2. The Morgan fingerprint density at radius 2 is 1.50 bits per heavy atom. The minimum Gasteiger partial charge on any atom is -0.508 e. The molecule has 0 atom stereocenters. The maximum atomic E-state index is 13.3. The van der Waals surface area contributed by atoms with Gasteiger partial charge in [-0.1, -0.05) is 0 Å². The van der Waals surface area contributed by atoms with Crippen LogP contribution in [0.25, 0.3) is 0 Å². The Kier molecular flexibility index (Phi) is 5.19. The molecule has 2 rings (SSSR count). The molecule has 0 unspecified atom stereocenters. The molecule has 0 saturated heterocycles. The Morgan fingerprint density at radius 3 is 1.96 bits per heavy atom. The summed E-state index contributed by atoms with van der Waals surface area (Å²) in [6.07, 6.45) is 2.05. The van der Waals surface area contributed by atoms with Gasteiger partial charge in [0.25, 0.3) is 0 Å². The second-order valence-corrected chi connectivity index (χ2v) is 12.0. The number of carbonyl (C=O) groups excluding carboxylic acids is 1. The van der Waals surface area contributed by atoms with E-state index >= 15 is 0 Å². The van der Waals surface area contributed by atoms with E-state index in [1.807, 2.05) is 0 Å². The number of rotatable bonds is 6. The Balaban J connectivity index is 2.59. The summed E-state index contributed by atoms with van der Waals surface area (Å²) in [7, 11) is -6.74. The fraction of sp³-hybridized carbons (Fsp3) is 0.588. The molecule has 0 saturated carbocycles. The van der Waals surface area contributed by atoms with Crippen molar-refractivity contribution >= 4 is 25.5 Å². The summed E-state index contributed by atoms with van der Waals surface area (Å²) in [5.41, 5.74) is -2.26. The number of sulfone groups is 2. The lowest BCUT2D eigenvalue weighted by Gasteiger charge is -2.49. The van der Waals surface area contributed by atoms with Crippen LogP contribution in [0.15, 0.2) is 18.2 Å². The summed E-state index contributed by atoms with van der Waals surface area (Å²) in [4.78, 5) is 13.3. The van der Waals surface area contributed by atoms with Gasteiger partial charge in [-0.25, -0.2) is 16.8 Å². The number of carbonyl (C=O) groups is 1. The minimum absolute atomic E-state index is 0.0481. The van der Waals surface area contributed by atoms with E-state index in [0.29, 0.717) is 0 Å². The molecule has 1 aliphatic rings. The molecule has 0 aromatic heterocycles. The van der Waals surface area contributed by atoms with E-state index < -0.39 is 30.7 Å². The highest BCUT2D eigenvalue weighted by atomic mass is 32.2. The predicted octanol–water partition coefficient (Wildman–Crippen LogP) is 1.60. The largest absolute Gasteiger partial charge is 0.508 e. The molecule has 1 heterocycles. The fourth-order valence-electron chi connectivity index (χ4n) is 3.36. The van der Waals surface area contributed by atoms with Crippen molar-refractivity contribution in [2.24, 2.45) is 5.41 Å². The van der Waals surface area contributed by atoms with Crippen LogP contribution >= 0.6 is 0 Å². The van der Waals surface area contributed by atoms with Crippen LogP contribution in [-0.4, -0.2) is 57.3 Å². The van der Waals surface area contributed by atoms with Gasteiger partial charge < -0.3 is 9.84 Å². The van der Waals surface area contributed by atoms with E-state index in [9.17, 15) is 26.7 Å². The number of phenols is 1. The summed E-state index contributed by atoms with van der Waals surface area (Å²) in [5.74, 6) is -0.747. The highest BCUT2D eigenvalue weighted by molar-refractivity contribution is 7.90. The summed E-state index contributed by atoms with van der Waals surface area (Å²) in [6.45, 7) is 3.28. The average Bonchev–Trinajstić information content (AvgIpc) is 2.43. The molecule has 1 N–H and O–H groups in total. The van der Waals surface area contributed by atoms with Crippen molar-refractivity contribution in [1.82, 2.24) is 0 Å². The van der Waals surface area contributed by atoms with Crippen LogP contribution in [-0.2, 0) is 19.7 Å². The van der Waals surface area contributed by atoms with Gasteiger partial charge in [0.1, 0.15) is 36.8 Å². The van der Waals surface area contributed by atoms with Crippen molar-refractivity contribution in [2.75, 3.05) is 24.0 Å². The van der Waals surface area contributed by atoms with E-state index in [1.165, 1.54) is 18.2 Å². The van der Waals surface area contributed by atoms with Crippen molar-refractivity contribution in [2.45, 2.75) is 32.3 Å². The van der Waals surface area contributed by atoms with Crippen molar-refractivity contribution in [3.8, 4) is 11.5 Å². The molecule has 0 spiro atoms. The van der Waals surface area contributed by atoms with E-state index in [0.717, 1.165) is 12.5 Å². The van der Waals surface area contributed by atoms with Crippen molar-refractivity contribution in [3.63, 3.8) is 0 Å². The summed E-state index contributed by atoms with van der Waals surface area (Å²) in [5, 5.41) is 9.64. The summed E-state index contributed by atoms with van der Waals surface area (Å²) >= 11 is 0. The van der Waals surface area contributed by atoms with Crippen LogP contribution in [0.1, 0.15) is 37.0 Å². The van der Waals surface area contributed by atoms with Crippen molar-refractivity contribution in [1.29, 1.82) is 0 Å². The van der Waals surface area contributed by atoms with Gasteiger partial charge in [0.2, 0.25) is 0 Å². The highest BCUT2D eigenvalue weighted by Crippen LogP contribution is 2.50. The van der Waals surface area contributed by atoms with Crippen molar-refractivity contribution in [3.05, 3.63) is 23.8 Å². The molecule has 1 aromatic carbocycles. The Morgan fingerprint density at radius 1 is 1.00 bits per heavy atom. The number of aromatic hydroxyl groups is 1. The molecule has 0 radical (unpaired) electrons. The van der Waals surface area contributed by atoms with Crippen LogP contribution in [0.4, 0.5) is 0 Å². The number of hydrogen-bond donors (Lipinski definition) is 1. The molecule has 0 fully saturated rings. The third-order valence-corrected chi connectivity index (χ3v) is 6.85. The van der Waals surface area contributed by atoms with Gasteiger partial charge in [0.05, 0.1) is 22.5 Å². The Bertz CT molecular complexity index is 892. The average molecular weight is 405 g/mol. The number of hydrogen-bond acceptors (Lipinski definition) is 7. The molecule has 7 nitrogen and oxygen atoms in total. The van der Waals surface area contributed by atoms with Gasteiger partial charge in [0, 0.05) is 18.6 Å². The first-order chi connectivity index (χ1) is 11.7. The van der Waals surface area contributed by atoms with E-state index in [-0.39, 0.29) is 47.2 Å². The highest BCUT2D eigenvalue weighted by Gasteiger charge is 2.56. The second kappa shape index (κ2) is 6.53. The molecule has 0 bridgehead atoms. The zero-order chi connectivity index (χ0) is 20.0. The molecular weight excluding hydrogens is 380 g/mol. The number of ether oxygens (including phenoxy) is 1. The standard InChI is InChI=1S/C17H24O7S2/c1-16(2)17(7-9-25(3,20)21,8-10-26(4,22)23)15(19)13-6-5-12(18)11-14(13)24-16/h5-6,11,18H,7-10H2,1-4H3. The lowest BCUT2D eigenvalue weighted by Crippen LogP contribution is -2.57. The SMILES string of the molecule is CC1(C)Oc2cc(O)ccc2C(=O)C1(CCS(C)(=O)=O)CCS(C)(=O)=O. The number of phenolic OH excluding ortho intramolecular Hbond substituents is 1. The summed E-state index contributed by atoms with van der Waals surface area (Å²) < 4.78 is 52.8. The number of Topliss-reactive ketones (excluding diaryl/α,β-unsaturated/α-hetero) is 1. The Hall–Kier alpha value is -1.61. The molecule has 0 amide bonds. The lowest BCUT2D eigenvalue weighted by molar-refractivity contribution is -0.0325. The van der Waals surface area contributed by atoms with Gasteiger partial charge in [-0.2, -0.15) is 0 Å². The number of benzene rings is 1. The molecule has 26 heavy (non-hydrogen) atoms. The van der Waals surface area contributed by atoms with Gasteiger partial charge in [-0.3, -0.25) is 4.79 Å². The van der Waals surface area contributed by atoms with Crippen LogP contribution < -0.4 is 4.74 Å². The maximum Gasteiger partial charge on any atom is 0.176 e. The van der Waals surface area contributed by atoms with Gasteiger partial charge in [-0.15, -0.1) is 0 Å². The molecule has 146 valence electrons. The predicted molar refractivity (Wildman–Crippen MR) is 98.2 cm³/mol. The zero-order valence-corrected chi connectivity index (χ0v) is 16.9. The maximum absolute atomic E-state index is 13.3. The normalized spacial score (nSPS) is 18.8. The van der Waals surface area contributed by atoms with Crippen LogP contribution in [0.3, 0.4) is 0 Å². The second-order valence-electron chi connectivity index (χ2n) is 7.46. The third kappa shape index (κ3) is 4.20. The minimum atomic E-state index is -3.37. The van der Waals surface area contributed by atoms with E-state index in [1.54, 1.807) is 13.8 Å². The number of ketones is 1. The quantitative estimate of drug-likeness (QED) is 0.766. The summed E-state index contributed by atoms with van der Waals surface area (Å²) in [6, 6.07) is 4.08. The Labute approximate surface area is 154 Å². The van der Waals surface area contributed by atoms with E-state index in [4.69, 9.17) is 4.74 Å². The zero-order valence-electron chi connectivity index (χ0n) is 15.3. The smallest absolute Gasteiger partial charge is 0.176 e. The van der Waals surface area contributed by atoms with E-state index in [2.05, 4.69) is 0 Å². The fourth-order valence-corrected chi connectivity index (χ4v) is 4.80. The topological polar surface area (TPSA) is 115 Å². The molecule has 1 aromatic rings. The monoisotopic (exact) mass is 404 g/mol. The lowest BCUT2D eigenvalue weighted by atomic mass is 9.63. The first kappa shape index (κ1) is 20.7. The van der Waals surface area contributed by atoms with Gasteiger partial charge in [0.15, 0.2) is 5.78 Å². The van der Waals surface area contributed by atoms with Crippen molar-refractivity contribution < 1.29 is 31.5 Å². The number of fused-ring (bicyclic) bond motifs is 1. The first-order valence-corrected chi connectivity index (χ1v) is 12.2. The van der Waals surface area contributed by atoms with Crippen LogP contribution in [0.2, 0.25) is 0 Å². The third-order valence-electron chi connectivity index (χ3n) is 4.96. The molecule has 0 aliphatic carbocycles. The van der Waals surface area contributed by atoms with Crippen LogP contribution in [0, 0.1) is 5.41 Å². The molecule has 1 aliphatic heterocycles. The molecule has 9 heteroatoms. The van der Waals surface area contributed by atoms with Gasteiger partial charge in [-0.05, 0) is 38.8 Å². The van der Waals surface area contributed by atoms with Gasteiger partial charge >= 0.3 is 0 Å². The van der Waals surface area contributed by atoms with Crippen LogP contribution in [0.5, 0.6) is 11.5 Å². The first-order valence-electron chi connectivity index (χ1n) is 8.09.